The molecule has 0 radical (unpaired) electrons. The highest BCUT2D eigenvalue weighted by Crippen LogP contribution is 2.29. The molecule has 0 fully saturated rings. The number of para-hydroxylation sites is 1. The average molecular weight is 394 g/mol. The largest absolute Gasteiger partial charge is 0.377 e. The first-order chi connectivity index (χ1) is 12.1. The highest BCUT2D eigenvalue weighted by Gasteiger charge is 2.16. The van der Waals surface area contributed by atoms with Gasteiger partial charge in [-0.3, -0.25) is 4.57 Å². The van der Waals surface area contributed by atoms with E-state index in [1.54, 1.807) is 18.9 Å². The van der Waals surface area contributed by atoms with E-state index in [9.17, 15) is 0 Å². The molecule has 0 spiro atoms. The summed E-state index contributed by atoms with van der Waals surface area (Å²) < 4.78 is 7.31. The summed E-state index contributed by atoms with van der Waals surface area (Å²) in [5.41, 5.74) is 3.28. The Morgan fingerprint density at radius 2 is 1.88 bits per heavy atom. The first-order valence-corrected chi connectivity index (χ1v) is 9.40. The molecule has 25 heavy (non-hydrogen) atoms. The van der Waals surface area contributed by atoms with E-state index < -0.39 is 0 Å². The maximum atomic E-state index is 6.10. The fourth-order valence-electron chi connectivity index (χ4n) is 2.45. The number of halogens is 2. The fourth-order valence-corrected chi connectivity index (χ4v) is 3.68. The molecule has 0 aliphatic rings. The van der Waals surface area contributed by atoms with Gasteiger partial charge in [0.05, 0.1) is 15.7 Å². The third-order valence-electron chi connectivity index (χ3n) is 3.68. The molecule has 2 aromatic carbocycles. The SMILES string of the molecule is COCc1nnc(SCc2ccc(Cl)c(Cl)c2)n1-c1ccccc1C. The van der Waals surface area contributed by atoms with Crippen LogP contribution in [0.25, 0.3) is 5.69 Å². The molecule has 0 aliphatic heterocycles. The number of aromatic nitrogens is 3. The minimum Gasteiger partial charge on any atom is -0.377 e. The molecule has 130 valence electrons. The molecule has 1 heterocycles. The van der Waals surface area contributed by atoms with Gasteiger partial charge in [0.15, 0.2) is 11.0 Å². The van der Waals surface area contributed by atoms with E-state index in [1.165, 1.54) is 0 Å². The van der Waals surface area contributed by atoms with Crippen LogP contribution in [0.1, 0.15) is 17.0 Å². The monoisotopic (exact) mass is 393 g/mol. The Kier molecular flexibility index (Phi) is 6.02. The number of benzene rings is 2. The van der Waals surface area contributed by atoms with E-state index >= 15 is 0 Å². The van der Waals surface area contributed by atoms with E-state index in [2.05, 4.69) is 29.3 Å². The van der Waals surface area contributed by atoms with Crippen LogP contribution >= 0.6 is 35.0 Å². The number of hydrogen-bond acceptors (Lipinski definition) is 4. The molecule has 0 atom stereocenters. The molecule has 3 rings (SSSR count). The van der Waals surface area contributed by atoms with Crippen molar-refractivity contribution in [3.05, 3.63) is 69.5 Å². The average Bonchev–Trinajstić information content (AvgIpc) is 2.99. The van der Waals surface area contributed by atoms with Crippen LogP contribution in [0.5, 0.6) is 0 Å². The number of rotatable bonds is 6. The summed E-state index contributed by atoms with van der Waals surface area (Å²) in [4.78, 5) is 0. The number of nitrogens with zero attached hydrogens (tertiary/aromatic N) is 3. The normalized spacial score (nSPS) is 11.0. The van der Waals surface area contributed by atoms with Crippen molar-refractivity contribution in [2.24, 2.45) is 0 Å². The molecular weight excluding hydrogens is 377 g/mol. The smallest absolute Gasteiger partial charge is 0.196 e. The molecule has 4 nitrogen and oxygen atoms in total. The van der Waals surface area contributed by atoms with Crippen molar-refractivity contribution in [3.8, 4) is 5.69 Å². The van der Waals surface area contributed by atoms with Gasteiger partial charge in [-0.1, -0.05) is 59.2 Å². The van der Waals surface area contributed by atoms with Gasteiger partial charge in [-0.25, -0.2) is 0 Å². The first kappa shape index (κ1) is 18.3. The van der Waals surface area contributed by atoms with Gasteiger partial charge in [0.1, 0.15) is 6.61 Å². The zero-order valence-corrected chi connectivity index (χ0v) is 16.2. The number of ether oxygens (including phenoxy) is 1. The van der Waals surface area contributed by atoms with Crippen LogP contribution in [-0.4, -0.2) is 21.9 Å². The number of hydrogen-bond donors (Lipinski definition) is 0. The van der Waals surface area contributed by atoms with E-state index in [0.29, 0.717) is 22.4 Å². The van der Waals surface area contributed by atoms with Gasteiger partial charge in [0.2, 0.25) is 0 Å². The Morgan fingerprint density at radius 3 is 2.60 bits per heavy atom. The lowest BCUT2D eigenvalue weighted by Crippen LogP contribution is -2.05. The van der Waals surface area contributed by atoms with Crippen molar-refractivity contribution in [2.45, 2.75) is 24.4 Å². The predicted octanol–water partition coefficient (Wildman–Crippen LogP) is 5.32. The zero-order valence-electron chi connectivity index (χ0n) is 13.9. The van der Waals surface area contributed by atoms with E-state index in [0.717, 1.165) is 27.8 Å². The van der Waals surface area contributed by atoms with Crippen LogP contribution < -0.4 is 0 Å². The molecule has 0 bridgehead atoms. The van der Waals surface area contributed by atoms with Gasteiger partial charge in [0, 0.05) is 12.9 Å². The third kappa shape index (κ3) is 4.18. The molecule has 3 aromatic rings. The van der Waals surface area contributed by atoms with Crippen LogP contribution in [0.15, 0.2) is 47.6 Å². The molecule has 0 amide bonds. The molecule has 0 unspecified atom stereocenters. The summed E-state index contributed by atoms with van der Waals surface area (Å²) in [6.07, 6.45) is 0. The van der Waals surface area contributed by atoms with Gasteiger partial charge in [-0.05, 0) is 36.2 Å². The van der Waals surface area contributed by atoms with Crippen LogP contribution in [0, 0.1) is 6.92 Å². The molecule has 0 saturated carbocycles. The lowest BCUT2D eigenvalue weighted by atomic mass is 10.2. The summed E-state index contributed by atoms with van der Waals surface area (Å²) >= 11 is 13.7. The minimum atomic E-state index is 0.397. The van der Waals surface area contributed by atoms with Crippen molar-refractivity contribution in [1.82, 2.24) is 14.8 Å². The van der Waals surface area contributed by atoms with Gasteiger partial charge in [-0.2, -0.15) is 0 Å². The van der Waals surface area contributed by atoms with Gasteiger partial charge < -0.3 is 4.74 Å². The van der Waals surface area contributed by atoms with E-state index in [1.807, 2.05) is 34.9 Å². The Labute approximate surface area is 161 Å². The van der Waals surface area contributed by atoms with E-state index in [-0.39, 0.29) is 0 Å². The van der Waals surface area contributed by atoms with Gasteiger partial charge >= 0.3 is 0 Å². The second kappa shape index (κ2) is 8.23. The van der Waals surface area contributed by atoms with Crippen LogP contribution in [-0.2, 0) is 17.1 Å². The zero-order chi connectivity index (χ0) is 17.8. The molecule has 7 heteroatoms. The maximum Gasteiger partial charge on any atom is 0.196 e. The van der Waals surface area contributed by atoms with Gasteiger partial charge in [0.25, 0.3) is 0 Å². The molecule has 0 saturated heterocycles. The minimum absolute atomic E-state index is 0.397. The standard InChI is InChI=1S/C18H17Cl2N3OS/c1-12-5-3-4-6-16(12)23-17(10-24-2)21-22-18(23)25-11-13-7-8-14(19)15(20)9-13/h3-9H,10-11H2,1-2H3. The quantitative estimate of drug-likeness (QED) is 0.531. The molecular formula is C18H17Cl2N3OS. The summed E-state index contributed by atoms with van der Waals surface area (Å²) in [7, 11) is 1.65. The van der Waals surface area contributed by atoms with Crippen molar-refractivity contribution in [3.63, 3.8) is 0 Å². The molecule has 0 aliphatic carbocycles. The Hall–Kier alpha value is -1.53. The highest BCUT2D eigenvalue weighted by molar-refractivity contribution is 7.98. The number of thioether (sulfide) groups is 1. The predicted molar refractivity (Wildman–Crippen MR) is 103 cm³/mol. The van der Waals surface area contributed by atoms with Crippen molar-refractivity contribution >= 4 is 35.0 Å². The highest BCUT2D eigenvalue weighted by atomic mass is 35.5. The fraction of sp³-hybridized carbons (Fsp3) is 0.222. The van der Waals surface area contributed by atoms with Crippen LogP contribution in [0.4, 0.5) is 0 Å². The number of methoxy groups -OCH3 is 1. The van der Waals surface area contributed by atoms with Crippen molar-refractivity contribution in [1.29, 1.82) is 0 Å². The number of aryl methyl sites for hydroxylation is 1. The summed E-state index contributed by atoms with van der Waals surface area (Å²) in [6, 6.07) is 13.8. The Morgan fingerprint density at radius 1 is 1.08 bits per heavy atom. The van der Waals surface area contributed by atoms with Crippen molar-refractivity contribution in [2.75, 3.05) is 7.11 Å². The Bertz CT molecular complexity index is 883. The summed E-state index contributed by atoms with van der Waals surface area (Å²) in [5, 5.41) is 10.6. The third-order valence-corrected chi connectivity index (χ3v) is 5.42. The summed E-state index contributed by atoms with van der Waals surface area (Å²) in [6.45, 7) is 2.47. The first-order valence-electron chi connectivity index (χ1n) is 7.66. The van der Waals surface area contributed by atoms with Crippen LogP contribution in [0.2, 0.25) is 10.0 Å². The second-order valence-electron chi connectivity index (χ2n) is 5.49. The lowest BCUT2D eigenvalue weighted by Gasteiger charge is -2.12. The van der Waals surface area contributed by atoms with Crippen LogP contribution in [0.3, 0.4) is 0 Å². The maximum absolute atomic E-state index is 6.10. The Balaban J connectivity index is 1.91. The van der Waals surface area contributed by atoms with Crippen molar-refractivity contribution < 1.29 is 4.74 Å². The molecule has 0 N–H and O–H groups in total. The van der Waals surface area contributed by atoms with Gasteiger partial charge in [-0.15, -0.1) is 10.2 Å². The topological polar surface area (TPSA) is 39.9 Å². The summed E-state index contributed by atoms with van der Waals surface area (Å²) in [5.74, 6) is 1.49. The molecule has 1 aromatic heterocycles. The van der Waals surface area contributed by atoms with E-state index in [4.69, 9.17) is 27.9 Å². The lowest BCUT2D eigenvalue weighted by molar-refractivity contribution is 0.176. The second-order valence-corrected chi connectivity index (χ2v) is 7.25.